The molecule has 3 nitrogen and oxygen atoms in total. The topological polar surface area (TPSA) is 40.5 Å². The summed E-state index contributed by atoms with van der Waals surface area (Å²) < 4.78 is 0.626. The van der Waals surface area contributed by atoms with Crippen LogP contribution in [-0.2, 0) is 0 Å². The standard InChI is InChI=1S/C11H16ClNO2S/c1-8(2)13(5-6-14)7-9(15)10-3-4-11(12)16-10/h3-4,8,14H,5-7H2,1-2H3. The van der Waals surface area contributed by atoms with Gasteiger partial charge in [0.15, 0.2) is 5.78 Å². The van der Waals surface area contributed by atoms with E-state index < -0.39 is 0 Å². The predicted molar refractivity (Wildman–Crippen MR) is 67.5 cm³/mol. The van der Waals surface area contributed by atoms with Crippen LogP contribution in [0.2, 0.25) is 4.34 Å². The molecule has 0 spiro atoms. The van der Waals surface area contributed by atoms with Gasteiger partial charge in [0.1, 0.15) is 0 Å². The molecule has 0 aliphatic carbocycles. The molecule has 0 bridgehead atoms. The second kappa shape index (κ2) is 6.35. The first-order chi connectivity index (χ1) is 7.54. The average molecular weight is 262 g/mol. The highest BCUT2D eigenvalue weighted by atomic mass is 35.5. The lowest BCUT2D eigenvalue weighted by molar-refractivity contribution is 0.0885. The molecule has 0 saturated carbocycles. The molecule has 0 aliphatic heterocycles. The maximum Gasteiger partial charge on any atom is 0.186 e. The molecule has 0 fully saturated rings. The van der Waals surface area contributed by atoms with Crippen molar-refractivity contribution in [2.45, 2.75) is 19.9 Å². The van der Waals surface area contributed by atoms with Crippen molar-refractivity contribution >= 4 is 28.7 Å². The molecule has 1 heterocycles. The van der Waals surface area contributed by atoms with E-state index in [2.05, 4.69) is 0 Å². The van der Waals surface area contributed by atoms with Gasteiger partial charge in [-0.15, -0.1) is 11.3 Å². The predicted octanol–water partition coefficient (Wildman–Crippen LogP) is 2.29. The number of hydrogen-bond donors (Lipinski definition) is 1. The number of Topliss-reactive ketones (excluding diaryl/α,β-unsaturated/α-hetero) is 1. The monoisotopic (exact) mass is 261 g/mol. The minimum atomic E-state index is 0.0547. The molecule has 0 atom stereocenters. The zero-order chi connectivity index (χ0) is 12.1. The lowest BCUT2D eigenvalue weighted by Gasteiger charge is -2.24. The minimum Gasteiger partial charge on any atom is -0.395 e. The summed E-state index contributed by atoms with van der Waals surface area (Å²) in [5.74, 6) is 0.0547. The zero-order valence-corrected chi connectivity index (χ0v) is 11.0. The first-order valence-corrected chi connectivity index (χ1v) is 6.37. The summed E-state index contributed by atoms with van der Waals surface area (Å²) in [5, 5.41) is 8.90. The Labute approximate surface area is 105 Å². The van der Waals surface area contributed by atoms with E-state index in [1.807, 2.05) is 18.7 Å². The smallest absolute Gasteiger partial charge is 0.186 e. The van der Waals surface area contributed by atoms with Crippen LogP contribution in [-0.4, -0.2) is 41.5 Å². The summed E-state index contributed by atoms with van der Waals surface area (Å²) >= 11 is 7.07. The lowest BCUT2D eigenvalue weighted by Crippen LogP contribution is -2.37. The molecule has 90 valence electrons. The zero-order valence-electron chi connectivity index (χ0n) is 9.44. The van der Waals surface area contributed by atoms with Crippen LogP contribution in [0, 0.1) is 0 Å². The Bertz CT molecular complexity index is 352. The number of rotatable bonds is 6. The van der Waals surface area contributed by atoms with Crippen molar-refractivity contribution < 1.29 is 9.90 Å². The van der Waals surface area contributed by atoms with Crippen LogP contribution in [0.4, 0.5) is 0 Å². The van der Waals surface area contributed by atoms with Crippen LogP contribution in [0.3, 0.4) is 0 Å². The third kappa shape index (κ3) is 3.87. The van der Waals surface area contributed by atoms with Gasteiger partial charge < -0.3 is 5.11 Å². The summed E-state index contributed by atoms with van der Waals surface area (Å²) in [6.07, 6.45) is 0. The summed E-state index contributed by atoms with van der Waals surface area (Å²) in [6.45, 7) is 4.92. The van der Waals surface area contributed by atoms with Crippen molar-refractivity contribution in [3.63, 3.8) is 0 Å². The van der Waals surface area contributed by atoms with Crippen molar-refractivity contribution in [1.82, 2.24) is 4.90 Å². The van der Waals surface area contributed by atoms with Gasteiger partial charge in [0.25, 0.3) is 0 Å². The average Bonchev–Trinajstić information content (AvgIpc) is 2.64. The van der Waals surface area contributed by atoms with E-state index >= 15 is 0 Å². The molecule has 0 aliphatic rings. The minimum absolute atomic E-state index is 0.0547. The normalized spacial score (nSPS) is 11.4. The van der Waals surface area contributed by atoms with Gasteiger partial charge in [-0.1, -0.05) is 11.6 Å². The van der Waals surface area contributed by atoms with Crippen molar-refractivity contribution in [3.05, 3.63) is 21.3 Å². The third-order valence-corrected chi connectivity index (χ3v) is 3.58. The molecular weight excluding hydrogens is 246 g/mol. The molecule has 0 radical (unpaired) electrons. The van der Waals surface area contributed by atoms with Crippen LogP contribution in [0.5, 0.6) is 0 Å². The first kappa shape index (κ1) is 13.6. The summed E-state index contributed by atoms with van der Waals surface area (Å²) in [7, 11) is 0. The number of carbonyl (C=O) groups is 1. The second-order valence-electron chi connectivity index (χ2n) is 3.81. The van der Waals surface area contributed by atoms with E-state index in [0.717, 1.165) is 0 Å². The van der Waals surface area contributed by atoms with Gasteiger partial charge in [-0.3, -0.25) is 9.69 Å². The summed E-state index contributed by atoms with van der Waals surface area (Å²) in [5.41, 5.74) is 0. The fourth-order valence-electron chi connectivity index (χ4n) is 1.37. The summed E-state index contributed by atoms with van der Waals surface area (Å²) in [4.78, 5) is 14.5. The number of aliphatic hydroxyl groups is 1. The van der Waals surface area contributed by atoms with Gasteiger partial charge in [-0.25, -0.2) is 0 Å². The van der Waals surface area contributed by atoms with Gasteiger partial charge in [-0.05, 0) is 26.0 Å². The fourth-order valence-corrected chi connectivity index (χ4v) is 2.35. The van der Waals surface area contributed by atoms with Crippen molar-refractivity contribution in [1.29, 1.82) is 0 Å². The Balaban J connectivity index is 2.61. The Morgan fingerprint density at radius 1 is 1.56 bits per heavy atom. The number of aliphatic hydroxyl groups excluding tert-OH is 1. The number of nitrogens with zero attached hydrogens (tertiary/aromatic N) is 1. The van der Waals surface area contributed by atoms with Crippen molar-refractivity contribution in [2.24, 2.45) is 0 Å². The van der Waals surface area contributed by atoms with Gasteiger partial charge in [0, 0.05) is 12.6 Å². The first-order valence-electron chi connectivity index (χ1n) is 5.18. The number of halogens is 1. The van der Waals surface area contributed by atoms with Crippen LogP contribution < -0.4 is 0 Å². The number of ketones is 1. The van der Waals surface area contributed by atoms with E-state index in [-0.39, 0.29) is 18.4 Å². The van der Waals surface area contributed by atoms with Crippen LogP contribution >= 0.6 is 22.9 Å². The van der Waals surface area contributed by atoms with Crippen molar-refractivity contribution in [3.8, 4) is 0 Å². The highest BCUT2D eigenvalue weighted by Crippen LogP contribution is 2.22. The largest absolute Gasteiger partial charge is 0.395 e. The van der Waals surface area contributed by atoms with Crippen LogP contribution in [0.1, 0.15) is 23.5 Å². The highest BCUT2D eigenvalue weighted by molar-refractivity contribution is 7.18. The quantitative estimate of drug-likeness (QED) is 0.799. The highest BCUT2D eigenvalue weighted by Gasteiger charge is 2.16. The Morgan fingerprint density at radius 3 is 2.69 bits per heavy atom. The molecule has 1 aromatic heterocycles. The van der Waals surface area contributed by atoms with Crippen LogP contribution in [0.15, 0.2) is 12.1 Å². The molecule has 0 aromatic carbocycles. The van der Waals surface area contributed by atoms with E-state index in [1.165, 1.54) is 11.3 Å². The van der Waals surface area contributed by atoms with Crippen molar-refractivity contribution in [2.75, 3.05) is 19.7 Å². The molecule has 16 heavy (non-hydrogen) atoms. The van der Waals surface area contributed by atoms with Gasteiger partial charge >= 0.3 is 0 Å². The summed E-state index contributed by atoms with van der Waals surface area (Å²) in [6, 6.07) is 3.71. The number of carbonyl (C=O) groups excluding carboxylic acids is 1. The Kier molecular flexibility index (Phi) is 5.41. The molecule has 1 rings (SSSR count). The maximum absolute atomic E-state index is 11.9. The molecular formula is C11H16ClNO2S. The van der Waals surface area contributed by atoms with E-state index in [9.17, 15) is 4.79 Å². The van der Waals surface area contributed by atoms with E-state index in [4.69, 9.17) is 16.7 Å². The molecule has 5 heteroatoms. The molecule has 1 N–H and O–H groups in total. The molecule has 0 unspecified atom stereocenters. The van der Waals surface area contributed by atoms with Gasteiger partial charge in [-0.2, -0.15) is 0 Å². The van der Waals surface area contributed by atoms with E-state index in [0.29, 0.717) is 22.3 Å². The Morgan fingerprint density at radius 2 is 2.25 bits per heavy atom. The van der Waals surface area contributed by atoms with Gasteiger partial charge in [0.2, 0.25) is 0 Å². The second-order valence-corrected chi connectivity index (χ2v) is 5.53. The van der Waals surface area contributed by atoms with Gasteiger partial charge in [0.05, 0.1) is 22.4 Å². The number of hydrogen-bond acceptors (Lipinski definition) is 4. The lowest BCUT2D eigenvalue weighted by atomic mass is 10.2. The molecule has 0 amide bonds. The molecule has 0 saturated heterocycles. The third-order valence-electron chi connectivity index (χ3n) is 2.31. The maximum atomic E-state index is 11.9. The van der Waals surface area contributed by atoms with Crippen LogP contribution in [0.25, 0.3) is 0 Å². The van der Waals surface area contributed by atoms with E-state index in [1.54, 1.807) is 12.1 Å². The fraction of sp³-hybridized carbons (Fsp3) is 0.545. The SMILES string of the molecule is CC(C)N(CCO)CC(=O)c1ccc(Cl)s1. The Hall–Kier alpha value is -0.420. The molecule has 1 aromatic rings. The number of thiophene rings is 1.